The average Bonchev–Trinajstić information content (AvgIpc) is 3.20. The van der Waals surface area contributed by atoms with Gasteiger partial charge in [-0.2, -0.15) is 0 Å². The highest BCUT2D eigenvalue weighted by Gasteiger charge is 2.23. The highest BCUT2D eigenvalue weighted by atomic mass is 32.2. The topological polar surface area (TPSA) is 86.9 Å². The van der Waals surface area contributed by atoms with Crippen LogP contribution in [0.1, 0.15) is 13.3 Å². The maximum atomic E-state index is 12.4. The molecule has 0 bridgehead atoms. The Bertz CT molecular complexity index is 782. The minimum Gasteiger partial charge on any atom is -0.493 e. The SMILES string of the molecule is CCC1CN(C(=O)CSc2nnc(-c3ccc(OC)c(OC)c3)o2)CCO1. The molecule has 1 aliphatic rings. The molecule has 0 aliphatic carbocycles. The van der Waals surface area contributed by atoms with Gasteiger partial charge in [-0.1, -0.05) is 18.7 Å². The highest BCUT2D eigenvalue weighted by molar-refractivity contribution is 7.99. The molecule has 1 amide bonds. The van der Waals surface area contributed by atoms with Crippen LogP contribution in [0, 0.1) is 0 Å². The highest BCUT2D eigenvalue weighted by Crippen LogP contribution is 2.32. The van der Waals surface area contributed by atoms with E-state index in [0.29, 0.717) is 42.3 Å². The van der Waals surface area contributed by atoms with E-state index in [1.807, 2.05) is 11.0 Å². The van der Waals surface area contributed by atoms with E-state index in [4.69, 9.17) is 18.6 Å². The summed E-state index contributed by atoms with van der Waals surface area (Å²) in [5.74, 6) is 1.87. The number of aromatic nitrogens is 2. The van der Waals surface area contributed by atoms with Crippen molar-refractivity contribution in [2.24, 2.45) is 0 Å². The summed E-state index contributed by atoms with van der Waals surface area (Å²) >= 11 is 1.24. The molecule has 0 spiro atoms. The lowest BCUT2D eigenvalue weighted by Gasteiger charge is -2.32. The van der Waals surface area contributed by atoms with E-state index >= 15 is 0 Å². The third-order valence-electron chi connectivity index (χ3n) is 4.30. The Kier molecular flexibility index (Phi) is 6.57. The monoisotopic (exact) mass is 393 g/mol. The fourth-order valence-corrected chi connectivity index (χ4v) is 3.43. The van der Waals surface area contributed by atoms with Crippen LogP contribution >= 0.6 is 11.8 Å². The lowest BCUT2D eigenvalue weighted by atomic mass is 10.2. The van der Waals surface area contributed by atoms with Crippen LogP contribution in [-0.4, -0.2) is 66.8 Å². The van der Waals surface area contributed by atoms with Gasteiger partial charge in [-0.3, -0.25) is 4.79 Å². The fraction of sp³-hybridized carbons (Fsp3) is 0.500. The van der Waals surface area contributed by atoms with Crippen molar-refractivity contribution in [1.82, 2.24) is 15.1 Å². The van der Waals surface area contributed by atoms with Crippen molar-refractivity contribution in [1.29, 1.82) is 0 Å². The number of hydrogen-bond donors (Lipinski definition) is 0. The molecule has 2 heterocycles. The summed E-state index contributed by atoms with van der Waals surface area (Å²) in [5.41, 5.74) is 0.720. The summed E-state index contributed by atoms with van der Waals surface area (Å²) < 4.78 is 21.8. The van der Waals surface area contributed by atoms with E-state index in [9.17, 15) is 4.79 Å². The van der Waals surface area contributed by atoms with Crippen LogP contribution in [0.25, 0.3) is 11.5 Å². The molecule has 1 aromatic heterocycles. The third kappa shape index (κ3) is 4.72. The zero-order valence-corrected chi connectivity index (χ0v) is 16.5. The van der Waals surface area contributed by atoms with Crippen molar-refractivity contribution < 1.29 is 23.4 Å². The number of hydrogen-bond acceptors (Lipinski definition) is 8. The van der Waals surface area contributed by atoms with Crippen LogP contribution in [0.5, 0.6) is 11.5 Å². The molecule has 146 valence electrons. The number of ether oxygens (including phenoxy) is 3. The fourth-order valence-electron chi connectivity index (χ4n) is 2.76. The van der Waals surface area contributed by atoms with Crippen molar-refractivity contribution in [3.63, 3.8) is 0 Å². The Morgan fingerprint density at radius 2 is 2.11 bits per heavy atom. The Labute approximate surface area is 162 Å². The van der Waals surface area contributed by atoms with Gasteiger partial charge in [0.15, 0.2) is 11.5 Å². The van der Waals surface area contributed by atoms with E-state index in [1.165, 1.54) is 11.8 Å². The quantitative estimate of drug-likeness (QED) is 0.663. The largest absolute Gasteiger partial charge is 0.493 e. The molecular formula is C18H23N3O5S. The third-order valence-corrected chi connectivity index (χ3v) is 5.11. The van der Waals surface area contributed by atoms with E-state index in [-0.39, 0.29) is 17.8 Å². The van der Waals surface area contributed by atoms with Gasteiger partial charge >= 0.3 is 0 Å². The van der Waals surface area contributed by atoms with E-state index in [1.54, 1.807) is 26.4 Å². The first-order valence-corrected chi connectivity index (χ1v) is 9.71. The van der Waals surface area contributed by atoms with Crippen molar-refractivity contribution in [2.45, 2.75) is 24.7 Å². The predicted molar refractivity (Wildman–Crippen MR) is 100 cm³/mol. The Balaban J connectivity index is 1.60. The molecule has 1 fully saturated rings. The minimum atomic E-state index is 0.0487. The number of morpholine rings is 1. The van der Waals surface area contributed by atoms with E-state index in [2.05, 4.69) is 17.1 Å². The zero-order valence-electron chi connectivity index (χ0n) is 15.6. The summed E-state index contributed by atoms with van der Waals surface area (Å²) in [6, 6.07) is 5.36. The maximum absolute atomic E-state index is 12.4. The van der Waals surface area contributed by atoms with Gasteiger partial charge in [-0.15, -0.1) is 10.2 Å². The first-order valence-electron chi connectivity index (χ1n) is 8.72. The normalized spacial score (nSPS) is 17.0. The number of methoxy groups -OCH3 is 2. The number of rotatable bonds is 7. The van der Waals surface area contributed by atoms with Gasteiger partial charge in [0.25, 0.3) is 5.22 Å². The number of carbonyl (C=O) groups excluding carboxylic acids is 1. The van der Waals surface area contributed by atoms with Crippen LogP contribution in [0.4, 0.5) is 0 Å². The Morgan fingerprint density at radius 3 is 2.85 bits per heavy atom. The Morgan fingerprint density at radius 1 is 1.30 bits per heavy atom. The first kappa shape index (κ1) is 19.5. The van der Waals surface area contributed by atoms with Gasteiger partial charge in [0, 0.05) is 18.7 Å². The van der Waals surface area contributed by atoms with E-state index in [0.717, 1.165) is 12.0 Å². The molecule has 1 aromatic carbocycles. The molecule has 3 rings (SSSR count). The number of amides is 1. The molecule has 8 nitrogen and oxygen atoms in total. The lowest BCUT2D eigenvalue weighted by Crippen LogP contribution is -2.46. The lowest BCUT2D eigenvalue weighted by molar-refractivity contribution is -0.135. The summed E-state index contributed by atoms with van der Waals surface area (Å²) in [7, 11) is 3.14. The van der Waals surface area contributed by atoms with Crippen molar-refractivity contribution in [2.75, 3.05) is 39.7 Å². The van der Waals surface area contributed by atoms with Crippen molar-refractivity contribution >= 4 is 17.7 Å². The summed E-state index contributed by atoms with van der Waals surface area (Å²) in [6.07, 6.45) is 1.02. The molecule has 1 saturated heterocycles. The smallest absolute Gasteiger partial charge is 0.277 e. The molecule has 1 unspecified atom stereocenters. The standard InChI is InChI=1S/C18H23N3O5S/c1-4-13-10-21(7-8-25-13)16(22)11-27-18-20-19-17(26-18)12-5-6-14(23-2)15(9-12)24-3/h5-6,9,13H,4,7-8,10-11H2,1-3H3. The van der Waals surface area contributed by atoms with E-state index < -0.39 is 0 Å². The second-order valence-corrected chi connectivity index (χ2v) is 6.90. The van der Waals surface area contributed by atoms with Crippen LogP contribution < -0.4 is 9.47 Å². The van der Waals surface area contributed by atoms with Gasteiger partial charge in [0.1, 0.15) is 0 Å². The predicted octanol–water partition coefficient (Wildman–Crippen LogP) is 2.48. The minimum absolute atomic E-state index is 0.0487. The number of carbonyl (C=O) groups is 1. The zero-order chi connectivity index (χ0) is 19.2. The number of thioether (sulfide) groups is 1. The van der Waals surface area contributed by atoms with Gasteiger partial charge in [-0.25, -0.2) is 0 Å². The second-order valence-electron chi connectivity index (χ2n) is 5.97. The molecule has 2 aromatic rings. The van der Waals surface area contributed by atoms with Crippen LogP contribution in [0.3, 0.4) is 0 Å². The number of nitrogens with zero attached hydrogens (tertiary/aromatic N) is 3. The molecule has 0 radical (unpaired) electrons. The van der Waals surface area contributed by atoms with Crippen LogP contribution in [-0.2, 0) is 9.53 Å². The average molecular weight is 393 g/mol. The van der Waals surface area contributed by atoms with Crippen molar-refractivity contribution in [3.8, 4) is 23.0 Å². The second kappa shape index (κ2) is 9.09. The molecule has 1 atom stereocenters. The molecule has 0 N–H and O–H groups in total. The van der Waals surface area contributed by atoms with Crippen LogP contribution in [0.15, 0.2) is 27.8 Å². The number of benzene rings is 1. The Hall–Kier alpha value is -2.26. The molecule has 0 saturated carbocycles. The van der Waals surface area contributed by atoms with Gasteiger partial charge in [0.2, 0.25) is 11.8 Å². The van der Waals surface area contributed by atoms with Gasteiger partial charge < -0.3 is 23.5 Å². The maximum Gasteiger partial charge on any atom is 0.277 e. The molecular weight excluding hydrogens is 370 g/mol. The first-order chi connectivity index (χ1) is 13.1. The van der Waals surface area contributed by atoms with Crippen molar-refractivity contribution in [3.05, 3.63) is 18.2 Å². The molecule has 1 aliphatic heterocycles. The summed E-state index contributed by atoms with van der Waals surface area (Å²) in [6.45, 7) is 3.90. The van der Waals surface area contributed by atoms with Crippen LogP contribution in [0.2, 0.25) is 0 Å². The van der Waals surface area contributed by atoms with Gasteiger partial charge in [0.05, 0.1) is 32.7 Å². The van der Waals surface area contributed by atoms with Gasteiger partial charge in [-0.05, 0) is 24.6 Å². The molecule has 27 heavy (non-hydrogen) atoms. The summed E-state index contributed by atoms with van der Waals surface area (Å²) in [4.78, 5) is 14.2. The summed E-state index contributed by atoms with van der Waals surface area (Å²) in [5, 5.41) is 8.43. The molecule has 9 heteroatoms.